The van der Waals surface area contributed by atoms with Crippen LogP contribution in [0.4, 0.5) is 17.1 Å². The number of quaternary nitrogens is 2. The van der Waals surface area contributed by atoms with Crippen LogP contribution in [0.5, 0.6) is 0 Å². The Morgan fingerprint density at radius 1 is 0.659 bits per heavy atom. The summed E-state index contributed by atoms with van der Waals surface area (Å²) in [6.07, 6.45) is 7.57. The summed E-state index contributed by atoms with van der Waals surface area (Å²) in [5.74, 6) is 5.45. The molecule has 3 aliphatic rings. The maximum absolute atomic E-state index is 13.6. The van der Waals surface area contributed by atoms with Gasteiger partial charge in [-0.2, -0.15) is 4.58 Å². The van der Waals surface area contributed by atoms with Gasteiger partial charge in [0.2, 0.25) is 17.5 Å². The molecule has 446 valence electrons. The van der Waals surface area contributed by atoms with E-state index in [0.717, 1.165) is 28.1 Å². The van der Waals surface area contributed by atoms with Crippen molar-refractivity contribution in [2.75, 3.05) is 74.5 Å². The third-order valence-corrected chi connectivity index (χ3v) is 18.2. The molecule has 0 unspecified atom stereocenters. The Morgan fingerprint density at radius 3 is 1.80 bits per heavy atom. The third kappa shape index (κ3) is 17.5. The van der Waals surface area contributed by atoms with Crippen molar-refractivity contribution in [1.29, 1.82) is 0 Å². The fourth-order valence-corrected chi connectivity index (χ4v) is 12.2. The summed E-state index contributed by atoms with van der Waals surface area (Å²) in [6, 6.07) is 23.5. The zero-order valence-electron chi connectivity index (χ0n) is 49.4. The minimum atomic E-state index is -4.80. The first-order chi connectivity index (χ1) is 38.7. The van der Waals surface area contributed by atoms with Gasteiger partial charge in [0, 0.05) is 83.7 Å². The molecule has 3 heterocycles. The van der Waals surface area contributed by atoms with E-state index in [1.807, 2.05) is 87.2 Å². The minimum absolute atomic E-state index is 0.0237. The number of benzene rings is 4. The molecular weight excluding hydrogens is 1100 g/mol. The number of rotatable bonds is 23. The molecule has 0 aromatic heterocycles. The van der Waals surface area contributed by atoms with Gasteiger partial charge in [-0.25, -0.2) is 25.3 Å². The van der Waals surface area contributed by atoms with Crippen molar-refractivity contribution in [3.8, 4) is 11.8 Å². The number of carbonyl (C=O) groups is 2. The fourth-order valence-electron chi connectivity index (χ4n) is 10.7. The normalized spacial score (nSPS) is 15.6. The van der Waals surface area contributed by atoms with Crippen molar-refractivity contribution in [3.63, 3.8) is 0 Å². The van der Waals surface area contributed by atoms with Gasteiger partial charge in [0.1, 0.15) is 26.8 Å². The highest BCUT2D eigenvalue weighted by Crippen LogP contribution is 2.49. The van der Waals surface area contributed by atoms with Gasteiger partial charge in [0.15, 0.2) is 5.71 Å². The molecule has 0 atom stereocenters. The van der Waals surface area contributed by atoms with Gasteiger partial charge >= 0.3 is 0 Å². The largest absolute Gasteiger partial charge is 0.748 e. The van der Waals surface area contributed by atoms with E-state index in [9.17, 15) is 48.5 Å². The van der Waals surface area contributed by atoms with E-state index in [0.29, 0.717) is 60.6 Å². The summed E-state index contributed by atoms with van der Waals surface area (Å²) in [5.41, 5.74) is 5.37. The highest BCUT2D eigenvalue weighted by molar-refractivity contribution is 7.86. The summed E-state index contributed by atoms with van der Waals surface area (Å²) in [6.45, 7) is 29.5. The van der Waals surface area contributed by atoms with Gasteiger partial charge in [0.05, 0.1) is 76.8 Å². The first-order valence-corrected chi connectivity index (χ1v) is 32.9. The smallest absolute Gasteiger partial charge is 0.229 e. The predicted molar refractivity (Wildman–Crippen MR) is 320 cm³/mol. The lowest BCUT2D eigenvalue weighted by atomic mass is 9.81. The summed E-state index contributed by atoms with van der Waals surface area (Å²) in [7, 11) is -14.1. The second-order valence-corrected chi connectivity index (χ2v) is 26.0. The zero-order chi connectivity index (χ0) is 60.6. The Balaban J connectivity index is 0.000000781. The molecule has 0 radical (unpaired) electrons. The van der Waals surface area contributed by atoms with Crippen molar-refractivity contribution >= 4 is 64.9 Å². The molecule has 82 heavy (non-hydrogen) atoms. The molecule has 3 aliphatic heterocycles. The van der Waals surface area contributed by atoms with E-state index in [-0.39, 0.29) is 49.1 Å². The number of amides is 2. The van der Waals surface area contributed by atoms with Crippen LogP contribution >= 0.6 is 0 Å². The molecule has 0 spiro atoms. The molecule has 4 aromatic carbocycles. The van der Waals surface area contributed by atoms with E-state index in [1.54, 1.807) is 37.5 Å². The van der Waals surface area contributed by atoms with Gasteiger partial charge in [0.25, 0.3) is 0 Å². The van der Waals surface area contributed by atoms with Crippen LogP contribution in [0, 0.1) is 11.8 Å². The first kappa shape index (κ1) is 66.8. The maximum Gasteiger partial charge on any atom is 0.229 e. The Labute approximate surface area is 488 Å². The lowest BCUT2D eigenvalue weighted by molar-refractivity contribution is -0.894. The molecule has 0 saturated heterocycles. The number of fused-ring (bicyclic) bond motifs is 4. The van der Waals surface area contributed by atoms with E-state index in [2.05, 4.69) is 58.7 Å². The Morgan fingerprint density at radius 2 is 1.22 bits per heavy atom. The monoisotopic (exact) mass is 1180 g/mol. The van der Waals surface area contributed by atoms with Crippen molar-refractivity contribution < 1.29 is 62.9 Å². The second-order valence-electron chi connectivity index (χ2n) is 21.7. The SMILES string of the molecule is CC1(C)C(=CC=CC2=[N+](CCCS(=O)(=O)[O-])c3ccc(S(=O)(=O)[O-])cc3C2(C)C)N(CCCCCC(=O)NCCC(=O)N2Cc3ccccc3C#Cc3ccccc32)c2ccc(S(=O)(=O)[O-])cc21.CC[NH+](CC)CC.CC[NH+](CC)CC. The van der Waals surface area contributed by atoms with Gasteiger partial charge < -0.3 is 38.6 Å². The molecule has 0 aliphatic carbocycles. The lowest BCUT2D eigenvalue weighted by Crippen LogP contribution is -3.11. The molecule has 2 amide bonds. The summed E-state index contributed by atoms with van der Waals surface area (Å²) in [4.78, 5) is 32.9. The lowest BCUT2D eigenvalue weighted by Gasteiger charge is -2.27. The van der Waals surface area contributed by atoms with Gasteiger partial charge in [-0.15, -0.1) is 0 Å². The molecule has 0 saturated carbocycles. The molecule has 0 fully saturated rings. The van der Waals surface area contributed by atoms with Crippen LogP contribution in [-0.2, 0) is 57.3 Å². The van der Waals surface area contributed by atoms with Gasteiger partial charge in [-0.05, 0) is 134 Å². The number of nitrogens with one attached hydrogen (secondary N) is 3. The Kier molecular flexibility index (Phi) is 24.0. The number of carbonyl (C=O) groups excluding carboxylic acids is 2. The van der Waals surface area contributed by atoms with Crippen molar-refractivity contribution in [1.82, 2.24) is 5.32 Å². The second kappa shape index (κ2) is 29.5. The molecule has 17 nitrogen and oxygen atoms in total. The number of anilines is 2. The van der Waals surface area contributed by atoms with Crippen LogP contribution < -0.4 is 24.9 Å². The van der Waals surface area contributed by atoms with Crippen LogP contribution in [0.25, 0.3) is 0 Å². The predicted octanol–water partition coefficient (Wildman–Crippen LogP) is 5.92. The fraction of sp³-hybridized carbons (Fsp3) is 0.468. The van der Waals surface area contributed by atoms with Crippen LogP contribution in [0.1, 0.15) is 136 Å². The molecule has 3 N–H and O–H groups in total. The van der Waals surface area contributed by atoms with Crippen molar-refractivity contribution in [2.45, 2.75) is 135 Å². The van der Waals surface area contributed by atoms with Crippen LogP contribution in [0.2, 0.25) is 0 Å². The average molecular weight is 1190 g/mol. The maximum atomic E-state index is 13.6. The molecule has 4 aromatic rings. The number of hydrogen-bond acceptors (Lipinski definition) is 12. The highest BCUT2D eigenvalue weighted by Gasteiger charge is 2.45. The number of nitrogens with zero attached hydrogens (tertiary/aromatic N) is 3. The number of unbranched alkanes of at least 4 members (excludes halogenated alkanes) is 2. The topological polar surface area (TPSA) is 236 Å². The summed E-state index contributed by atoms with van der Waals surface area (Å²) >= 11 is 0. The van der Waals surface area contributed by atoms with Crippen LogP contribution in [0.15, 0.2) is 119 Å². The Bertz CT molecular complexity index is 3380. The summed E-state index contributed by atoms with van der Waals surface area (Å²) < 4.78 is 109. The Hall–Kier alpha value is -6.02. The van der Waals surface area contributed by atoms with Gasteiger partial charge in [-0.3, -0.25) is 9.59 Å². The highest BCUT2D eigenvalue weighted by atomic mass is 32.2. The molecule has 0 bridgehead atoms. The number of allylic oxidation sites excluding steroid dienone is 4. The summed E-state index contributed by atoms with van der Waals surface area (Å²) in [5, 5.41) is 2.89. The van der Waals surface area contributed by atoms with Crippen molar-refractivity contribution in [3.05, 3.63) is 137 Å². The van der Waals surface area contributed by atoms with E-state index >= 15 is 0 Å². The first-order valence-electron chi connectivity index (χ1n) is 28.5. The van der Waals surface area contributed by atoms with Crippen LogP contribution in [-0.4, -0.2) is 126 Å². The quantitative estimate of drug-likeness (QED) is 0.0340. The molecule has 20 heteroatoms. The van der Waals surface area contributed by atoms with Crippen molar-refractivity contribution in [2.24, 2.45) is 0 Å². The zero-order valence-corrected chi connectivity index (χ0v) is 51.8. The van der Waals surface area contributed by atoms with Crippen LogP contribution in [0.3, 0.4) is 0 Å². The minimum Gasteiger partial charge on any atom is -0.748 e. The standard InChI is InChI=1S/C50H54N4O11S3.2C6H15N/c1-49(2)40-32-38(67(60,61)62)23-25-43(40)52(45(49)18-12-19-46-50(3,4)41-33-39(68(63,64)65)24-26-44(41)53(46)30-13-31-66(57,58)59)29-11-5-6-20-47(55)51-28-27-48(56)54-34-37-16-8-7-14-35(37)21-22-36-15-9-10-17-42(36)54;2*1-4-7(5-2)6-3/h7-10,12,14-19,23-26,32-33H,5-6,11,13,20,27-31,34H2,1-4H3,(H3-,51,55,57,58,59,60,61,62,63,64,65);2*4-6H2,1-3H3. The van der Waals surface area contributed by atoms with E-state index in [4.69, 9.17) is 0 Å². The molecular formula is C62H84N6O11S3. The van der Waals surface area contributed by atoms with E-state index in [1.165, 1.54) is 69.6 Å². The third-order valence-electron chi connectivity index (χ3n) is 15.7. The average Bonchev–Trinajstić information content (AvgIpc) is 3.79. The number of hydrogen-bond donors (Lipinski definition) is 3. The van der Waals surface area contributed by atoms with E-state index < -0.39 is 51.8 Å². The molecule has 7 rings (SSSR count). The van der Waals surface area contributed by atoms with Gasteiger partial charge in [-0.1, -0.05) is 68.5 Å². The number of para-hydroxylation sites is 1.